The van der Waals surface area contributed by atoms with Crippen LogP contribution in [0.1, 0.15) is 6.92 Å². The lowest BCUT2D eigenvalue weighted by atomic mass is 10.4. The Balaban J connectivity index is 4.09. The zero-order chi connectivity index (χ0) is 9.07. The largest absolute Gasteiger partial charge is 0.468 e. The van der Waals surface area contributed by atoms with E-state index >= 15 is 0 Å². The first-order chi connectivity index (χ1) is 4.87. The molecule has 11 heavy (non-hydrogen) atoms. The van der Waals surface area contributed by atoms with Crippen LogP contribution in [0.25, 0.3) is 0 Å². The lowest BCUT2D eigenvalue weighted by Gasteiger charge is -2.08. The predicted octanol–water partition coefficient (Wildman–Crippen LogP) is -0.903. The van der Waals surface area contributed by atoms with Crippen LogP contribution < -0.4 is 4.72 Å². The molecule has 5 nitrogen and oxygen atoms in total. The number of carbonyl (C=O) groups is 1. The van der Waals surface area contributed by atoms with Gasteiger partial charge in [-0.3, -0.25) is 4.79 Å². The predicted molar refractivity (Wildman–Crippen MR) is 39.5 cm³/mol. The van der Waals surface area contributed by atoms with E-state index in [2.05, 4.69) is 9.46 Å². The van der Waals surface area contributed by atoms with Gasteiger partial charge in [0.2, 0.25) is 10.0 Å². The molecule has 0 saturated heterocycles. The van der Waals surface area contributed by atoms with Crippen molar-refractivity contribution in [3.05, 3.63) is 0 Å². The van der Waals surface area contributed by atoms with Gasteiger partial charge in [-0.05, 0) is 6.92 Å². The lowest BCUT2D eigenvalue weighted by molar-refractivity contribution is -0.142. The molecule has 1 atom stereocenters. The van der Waals surface area contributed by atoms with Gasteiger partial charge in [0.1, 0.15) is 6.04 Å². The zero-order valence-corrected chi connectivity index (χ0v) is 7.44. The van der Waals surface area contributed by atoms with Crippen molar-refractivity contribution in [2.75, 3.05) is 13.4 Å². The normalized spacial score (nSPS) is 14.1. The Morgan fingerprint density at radius 1 is 1.55 bits per heavy atom. The number of rotatable bonds is 3. The van der Waals surface area contributed by atoms with Gasteiger partial charge in [0.15, 0.2) is 0 Å². The molecular formula is C5H11NO4S. The smallest absolute Gasteiger partial charge is 0.323 e. The standard InChI is InChI=1S/C5H11NO4S/c1-4(5(7)10-2)6-11(3,8)9/h4,6H,1-3H3. The van der Waals surface area contributed by atoms with Gasteiger partial charge in [-0.2, -0.15) is 0 Å². The zero-order valence-electron chi connectivity index (χ0n) is 6.62. The topological polar surface area (TPSA) is 72.5 Å². The molecule has 0 saturated carbocycles. The number of ether oxygens (including phenoxy) is 1. The third-order valence-electron chi connectivity index (χ3n) is 0.946. The average Bonchev–Trinajstić information content (AvgIpc) is 1.82. The van der Waals surface area contributed by atoms with Crippen LogP contribution in [0, 0.1) is 0 Å². The fraction of sp³-hybridized carbons (Fsp3) is 0.800. The summed E-state index contributed by atoms with van der Waals surface area (Å²) in [6.07, 6.45) is 0.979. The second-order valence-electron chi connectivity index (χ2n) is 2.13. The Hall–Kier alpha value is -0.620. The summed E-state index contributed by atoms with van der Waals surface area (Å²) in [5, 5.41) is 0. The third kappa shape index (κ3) is 4.74. The van der Waals surface area contributed by atoms with Crippen molar-refractivity contribution in [1.29, 1.82) is 0 Å². The maximum atomic E-state index is 10.6. The van der Waals surface area contributed by atoms with E-state index in [0.717, 1.165) is 6.26 Å². The van der Waals surface area contributed by atoms with Crippen molar-refractivity contribution in [3.8, 4) is 0 Å². The summed E-state index contributed by atoms with van der Waals surface area (Å²) in [4.78, 5) is 10.6. The van der Waals surface area contributed by atoms with Crippen LogP contribution in [0.3, 0.4) is 0 Å². The van der Waals surface area contributed by atoms with Gasteiger partial charge >= 0.3 is 5.97 Å². The second-order valence-corrected chi connectivity index (χ2v) is 3.91. The molecule has 0 heterocycles. The van der Waals surface area contributed by atoms with E-state index in [1.807, 2.05) is 0 Å². The molecule has 0 amide bonds. The van der Waals surface area contributed by atoms with Crippen LogP contribution in [0.5, 0.6) is 0 Å². The van der Waals surface area contributed by atoms with E-state index in [0.29, 0.717) is 0 Å². The van der Waals surface area contributed by atoms with E-state index in [4.69, 9.17) is 0 Å². The third-order valence-corrected chi connectivity index (χ3v) is 1.73. The number of esters is 1. The van der Waals surface area contributed by atoms with Crippen molar-refractivity contribution in [2.45, 2.75) is 13.0 Å². The monoisotopic (exact) mass is 181 g/mol. The number of hydrogen-bond donors (Lipinski definition) is 1. The summed E-state index contributed by atoms with van der Waals surface area (Å²) in [6.45, 7) is 1.41. The van der Waals surface area contributed by atoms with Crippen LogP contribution in [0.4, 0.5) is 0 Å². The first-order valence-electron chi connectivity index (χ1n) is 2.92. The first-order valence-corrected chi connectivity index (χ1v) is 4.81. The Morgan fingerprint density at radius 3 is 2.27 bits per heavy atom. The van der Waals surface area contributed by atoms with Crippen LogP contribution in [-0.4, -0.2) is 33.8 Å². The van der Waals surface area contributed by atoms with Crippen LogP contribution in [0.15, 0.2) is 0 Å². The minimum Gasteiger partial charge on any atom is -0.468 e. The molecule has 1 N–H and O–H groups in total. The van der Waals surface area contributed by atoms with E-state index in [9.17, 15) is 13.2 Å². The highest BCUT2D eigenvalue weighted by Gasteiger charge is 2.16. The van der Waals surface area contributed by atoms with Gasteiger partial charge in [-0.15, -0.1) is 0 Å². The van der Waals surface area contributed by atoms with Crippen molar-refractivity contribution in [3.63, 3.8) is 0 Å². The molecule has 0 aliphatic rings. The van der Waals surface area contributed by atoms with E-state index in [1.54, 1.807) is 0 Å². The highest BCUT2D eigenvalue weighted by molar-refractivity contribution is 7.88. The molecule has 0 aliphatic heterocycles. The molecule has 66 valence electrons. The number of hydrogen-bond acceptors (Lipinski definition) is 4. The van der Waals surface area contributed by atoms with E-state index in [-0.39, 0.29) is 0 Å². The van der Waals surface area contributed by atoms with Gasteiger partial charge in [-0.25, -0.2) is 13.1 Å². The Bertz CT molecular complexity index is 233. The highest BCUT2D eigenvalue weighted by Crippen LogP contribution is 1.87. The first kappa shape index (κ1) is 10.4. The molecule has 0 aromatic heterocycles. The molecule has 6 heteroatoms. The minimum absolute atomic E-state index is 0.601. The van der Waals surface area contributed by atoms with Gasteiger partial charge in [-0.1, -0.05) is 0 Å². The maximum absolute atomic E-state index is 10.6. The molecule has 0 bridgehead atoms. The summed E-state index contributed by atoms with van der Waals surface area (Å²) in [6, 6.07) is -0.824. The summed E-state index contributed by atoms with van der Waals surface area (Å²) in [5.74, 6) is -0.601. The van der Waals surface area contributed by atoms with Crippen LogP contribution in [-0.2, 0) is 19.6 Å². The summed E-state index contributed by atoms with van der Waals surface area (Å²) >= 11 is 0. The molecule has 0 radical (unpaired) electrons. The van der Waals surface area contributed by atoms with Gasteiger partial charge in [0, 0.05) is 0 Å². The van der Waals surface area contributed by atoms with Gasteiger partial charge in [0.05, 0.1) is 13.4 Å². The van der Waals surface area contributed by atoms with Crippen molar-refractivity contribution in [2.24, 2.45) is 0 Å². The molecule has 0 aromatic rings. The number of carbonyl (C=O) groups excluding carboxylic acids is 1. The molecule has 0 rings (SSSR count). The quantitative estimate of drug-likeness (QED) is 0.572. The molecule has 0 fully saturated rings. The highest BCUT2D eigenvalue weighted by atomic mass is 32.2. The Morgan fingerprint density at radius 2 is 2.00 bits per heavy atom. The van der Waals surface area contributed by atoms with Gasteiger partial charge in [0.25, 0.3) is 0 Å². The fourth-order valence-electron chi connectivity index (χ4n) is 0.546. The summed E-state index contributed by atoms with van der Waals surface area (Å²) in [5.41, 5.74) is 0. The van der Waals surface area contributed by atoms with E-state index in [1.165, 1.54) is 14.0 Å². The average molecular weight is 181 g/mol. The van der Waals surface area contributed by atoms with Gasteiger partial charge < -0.3 is 4.74 Å². The minimum atomic E-state index is -3.33. The fourth-order valence-corrected chi connectivity index (χ4v) is 1.28. The number of nitrogens with one attached hydrogen (secondary N) is 1. The molecular weight excluding hydrogens is 170 g/mol. The van der Waals surface area contributed by atoms with Crippen molar-refractivity contribution < 1.29 is 17.9 Å². The second kappa shape index (κ2) is 3.68. The molecule has 1 unspecified atom stereocenters. The Labute approximate surface area is 65.8 Å². The van der Waals surface area contributed by atoms with Crippen LogP contribution >= 0.6 is 0 Å². The molecule has 0 spiro atoms. The Kier molecular flexibility index (Phi) is 3.47. The molecule has 0 aliphatic carbocycles. The van der Waals surface area contributed by atoms with Crippen molar-refractivity contribution >= 4 is 16.0 Å². The number of sulfonamides is 1. The number of methoxy groups -OCH3 is 1. The maximum Gasteiger partial charge on any atom is 0.323 e. The van der Waals surface area contributed by atoms with E-state index < -0.39 is 22.0 Å². The SMILES string of the molecule is COC(=O)C(C)NS(C)(=O)=O. The summed E-state index contributed by atoms with van der Waals surface area (Å²) < 4.78 is 27.4. The van der Waals surface area contributed by atoms with Crippen molar-refractivity contribution in [1.82, 2.24) is 4.72 Å². The summed E-state index contributed by atoms with van der Waals surface area (Å²) in [7, 11) is -2.13. The lowest BCUT2D eigenvalue weighted by Crippen LogP contribution is -2.38. The van der Waals surface area contributed by atoms with Crippen LogP contribution in [0.2, 0.25) is 0 Å². The molecule has 0 aromatic carbocycles.